The summed E-state index contributed by atoms with van der Waals surface area (Å²) in [7, 11) is 1.51. The third-order valence-corrected chi connectivity index (χ3v) is 6.11. The molecule has 1 aliphatic rings. The van der Waals surface area contributed by atoms with Gasteiger partial charge in [-0.3, -0.25) is 9.59 Å². The molecular weight excluding hydrogens is 474 g/mol. The highest BCUT2D eigenvalue weighted by molar-refractivity contribution is 6.04. The lowest BCUT2D eigenvalue weighted by atomic mass is 10.0. The van der Waals surface area contributed by atoms with Crippen LogP contribution in [0.5, 0.6) is 17.5 Å². The number of aromatic nitrogens is 2. The number of hydrogen-bond donors (Lipinski definition) is 2. The van der Waals surface area contributed by atoms with Crippen LogP contribution in [0, 0.1) is 0 Å². The van der Waals surface area contributed by atoms with Crippen molar-refractivity contribution in [2.75, 3.05) is 32.2 Å². The van der Waals surface area contributed by atoms with E-state index >= 15 is 0 Å². The van der Waals surface area contributed by atoms with Crippen molar-refractivity contribution < 1.29 is 23.7 Å². The molecule has 0 spiro atoms. The maximum atomic E-state index is 13.2. The fourth-order valence-corrected chi connectivity index (χ4v) is 4.18. The Bertz CT molecular complexity index is 1220. The van der Waals surface area contributed by atoms with Crippen LogP contribution in [0.3, 0.4) is 0 Å². The van der Waals surface area contributed by atoms with Crippen LogP contribution in [0.1, 0.15) is 47.8 Å². The maximum Gasteiger partial charge on any atom is 0.261 e. The molecule has 0 radical (unpaired) electrons. The number of benzene rings is 1. The topological polar surface area (TPSA) is 112 Å². The summed E-state index contributed by atoms with van der Waals surface area (Å²) < 4.78 is 22.2. The first-order valence-electron chi connectivity index (χ1n) is 12.6. The summed E-state index contributed by atoms with van der Waals surface area (Å²) in [6.07, 6.45) is 5.59. The molecule has 1 amide bonds. The van der Waals surface area contributed by atoms with E-state index in [1.54, 1.807) is 12.1 Å². The molecule has 2 N–H and O–H groups in total. The summed E-state index contributed by atoms with van der Waals surface area (Å²) >= 11 is 0. The number of hydrogen-bond acceptors (Lipinski definition) is 7. The van der Waals surface area contributed by atoms with Gasteiger partial charge in [0, 0.05) is 24.4 Å². The largest absolute Gasteiger partial charge is 0.494 e. The smallest absolute Gasteiger partial charge is 0.261 e. The van der Waals surface area contributed by atoms with Crippen LogP contribution in [0.15, 0.2) is 53.5 Å². The van der Waals surface area contributed by atoms with E-state index in [1.165, 1.54) is 19.4 Å². The summed E-state index contributed by atoms with van der Waals surface area (Å²) in [5, 5.41) is 2.76. The van der Waals surface area contributed by atoms with Crippen molar-refractivity contribution in [3.8, 4) is 17.5 Å². The molecule has 196 valence electrons. The van der Waals surface area contributed by atoms with Crippen molar-refractivity contribution in [3.05, 3.63) is 75.7 Å². The van der Waals surface area contributed by atoms with Gasteiger partial charge in [-0.05, 0) is 62.8 Å². The van der Waals surface area contributed by atoms with E-state index in [1.807, 2.05) is 31.2 Å². The molecule has 37 heavy (non-hydrogen) atoms. The van der Waals surface area contributed by atoms with Crippen molar-refractivity contribution in [3.63, 3.8) is 0 Å². The average Bonchev–Trinajstić information content (AvgIpc) is 2.92. The number of methoxy groups -OCH3 is 1. The number of aromatic amines is 1. The Balaban J connectivity index is 1.54. The van der Waals surface area contributed by atoms with Gasteiger partial charge in [-0.15, -0.1) is 0 Å². The molecule has 9 heteroatoms. The van der Waals surface area contributed by atoms with E-state index < -0.39 is 11.3 Å². The molecule has 0 bridgehead atoms. The highest BCUT2D eigenvalue weighted by Gasteiger charge is 2.20. The fraction of sp³-hybridized carbons (Fsp3) is 0.393. The number of pyridine rings is 2. The Morgan fingerprint density at radius 3 is 2.65 bits per heavy atom. The fourth-order valence-electron chi connectivity index (χ4n) is 4.18. The molecule has 0 saturated carbocycles. The number of rotatable bonds is 11. The second-order valence-corrected chi connectivity index (χ2v) is 8.77. The van der Waals surface area contributed by atoms with Crippen LogP contribution < -0.4 is 25.0 Å². The van der Waals surface area contributed by atoms with Crippen LogP contribution in [0.25, 0.3) is 0 Å². The second kappa shape index (κ2) is 12.9. The molecule has 1 atom stereocenters. The summed E-state index contributed by atoms with van der Waals surface area (Å²) in [5.41, 5.74) is 1.64. The van der Waals surface area contributed by atoms with E-state index in [4.69, 9.17) is 18.9 Å². The number of carbonyl (C=O) groups excluding carboxylic acids is 1. The van der Waals surface area contributed by atoms with Crippen LogP contribution in [0.4, 0.5) is 5.69 Å². The zero-order valence-electron chi connectivity index (χ0n) is 21.2. The highest BCUT2D eigenvalue weighted by Crippen LogP contribution is 2.19. The monoisotopic (exact) mass is 507 g/mol. The van der Waals surface area contributed by atoms with Crippen molar-refractivity contribution in [2.24, 2.45) is 0 Å². The molecule has 1 aromatic carbocycles. The minimum atomic E-state index is -0.517. The number of amides is 1. The first-order valence-corrected chi connectivity index (χ1v) is 12.6. The van der Waals surface area contributed by atoms with Gasteiger partial charge in [0.1, 0.15) is 17.9 Å². The van der Waals surface area contributed by atoms with Crippen molar-refractivity contribution in [1.29, 1.82) is 0 Å². The summed E-state index contributed by atoms with van der Waals surface area (Å²) in [4.78, 5) is 33.6. The number of carbonyl (C=O) groups is 1. The van der Waals surface area contributed by atoms with Crippen LogP contribution in [-0.2, 0) is 17.6 Å². The zero-order chi connectivity index (χ0) is 26.0. The number of ether oxygens (including phenoxy) is 4. The van der Waals surface area contributed by atoms with Gasteiger partial charge in [0.25, 0.3) is 5.91 Å². The molecule has 1 unspecified atom stereocenters. The molecule has 2 aromatic heterocycles. The Kier molecular flexibility index (Phi) is 9.15. The maximum absolute atomic E-state index is 13.2. The molecule has 4 rings (SSSR count). The lowest BCUT2D eigenvalue weighted by molar-refractivity contribution is -0.0120. The summed E-state index contributed by atoms with van der Waals surface area (Å²) in [6.45, 7) is 3.60. The number of aryl methyl sites for hydroxylation is 2. The third kappa shape index (κ3) is 7.33. The van der Waals surface area contributed by atoms with Gasteiger partial charge < -0.3 is 29.2 Å². The van der Waals surface area contributed by atoms with Crippen molar-refractivity contribution >= 4 is 11.6 Å². The number of nitrogens with zero attached hydrogens (tertiary/aromatic N) is 1. The van der Waals surface area contributed by atoms with Gasteiger partial charge in [-0.2, -0.15) is 0 Å². The van der Waals surface area contributed by atoms with E-state index in [0.29, 0.717) is 49.2 Å². The minimum Gasteiger partial charge on any atom is -0.494 e. The van der Waals surface area contributed by atoms with E-state index in [9.17, 15) is 9.59 Å². The first kappa shape index (κ1) is 26.2. The van der Waals surface area contributed by atoms with Gasteiger partial charge >= 0.3 is 0 Å². The lowest BCUT2D eigenvalue weighted by Crippen LogP contribution is -2.28. The van der Waals surface area contributed by atoms with Crippen molar-refractivity contribution in [2.45, 2.75) is 45.1 Å². The first-order chi connectivity index (χ1) is 18.1. The number of H-pyrrole nitrogens is 1. The van der Waals surface area contributed by atoms with Gasteiger partial charge in [-0.25, -0.2) is 4.98 Å². The standard InChI is InChI=1S/C28H33N3O6/c1-3-35-21-11-7-19(8-12-21)9-13-23-27(28(33)30-20-10-14-25(34-2)29-17-20)24(32)16-26(31-23)37-18-22-6-4-5-15-36-22/h7-8,10-12,14,16-17,22H,3-6,9,13,15,18H2,1-2H3,(H,30,33)(H,31,32). The molecular formula is C28H33N3O6. The van der Waals surface area contributed by atoms with Crippen molar-refractivity contribution in [1.82, 2.24) is 9.97 Å². The average molecular weight is 508 g/mol. The summed E-state index contributed by atoms with van der Waals surface area (Å²) in [6, 6.07) is 12.4. The molecule has 3 aromatic rings. The van der Waals surface area contributed by atoms with Gasteiger partial charge in [0.05, 0.1) is 31.7 Å². The lowest BCUT2D eigenvalue weighted by Gasteiger charge is -2.22. The Morgan fingerprint density at radius 2 is 1.97 bits per heavy atom. The molecule has 1 aliphatic heterocycles. The minimum absolute atomic E-state index is 0.00453. The predicted molar refractivity (Wildman–Crippen MR) is 140 cm³/mol. The second-order valence-electron chi connectivity index (χ2n) is 8.77. The Morgan fingerprint density at radius 1 is 1.14 bits per heavy atom. The quantitative estimate of drug-likeness (QED) is 0.401. The van der Waals surface area contributed by atoms with Crippen LogP contribution in [-0.4, -0.2) is 48.9 Å². The van der Waals surface area contributed by atoms with E-state index in [0.717, 1.165) is 37.2 Å². The van der Waals surface area contributed by atoms with Crippen LogP contribution >= 0.6 is 0 Å². The van der Waals surface area contributed by atoms with E-state index in [2.05, 4.69) is 15.3 Å². The summed E-state index contributed by atoms with van der Waals surface area (Å²) in [5.74, 6) is 1.03. The Labute approximate surface area is 216 Å². The van der Waals surface area contributed by atoms with Gasteiger partial charge in [0.2, 0.25) is 5.88 Å². The predicted octanol–water partition coefficient (Wildman–Crippen LogP) is 4.16. The van der Waals surface area contributed by atoms with Gasteiger partial charge in [-0.1, -0.05) is 12.1 Å². The SMILES string of the molecule is CCOc1ccc(CCc2[nH]c(OCC3CCCCO3)cc(=O)c2C(=O)Nc2ccc(OC)nc2)cc1. The van der Waals surface area contributed by atoms with Gasteiger partial charge in [0.15, 0.2) is 11.3 Å². The normalized spacial score (nSPS) is 15.1. The number of anilines is 1. The third-order valence-electron chi connectivity index (χ3n) is 6.11. The molecule has 9 nitrogen and oxygen atoms in total. The highest BCUT2D eigenvalue weighted by atomic mass is 16.5. The molecule has 3 heterocycles. The molecule has 1 fully saturated rings. The molecule has 0 aliphatic carbocycles. The Hall–Kier alpha value is -3.85. The van der Waals surface area contributed by atoms with Crippen LogP contribution in [0.2, 0.25) is 0 Å². The molecule has 1 saturated heterocycles. The zero-order valence-corrected chi connectivity index (χ0v) is 21.2. The van der Waals surface area contributed by atoms with E-state index in [-0.39, 0.29) is 11.7 Å². The number of nitrogens with one attached hydrogen (secondary N) is 2.